The minimum atomic E-state index is -0.263. The first-order valence-electron chi connectivity index (χ1n) is 6.01. The van der Waals surface area contributed by atoms with Gasteiger partial charge in [-0.3, -0.25) is 4.79 Å². The average molecular weight is 283 g/mol. The first-order chi connectivity index (χ1) is 8.23. The molecule has 0 spiro atoms. The minimum Gasteiger partial charge on any atom is -0.299 e. The van der Waals surface area contributed by atoms with Crippen LogP contribution in [-0.4, -0.2) is 15.5 Å². The molecule has 0 radical (unpaired) electrons. The zero-order valence-electron chi connectivity index (χ0n) is 11.7. The second-order valence-electron chi connectivity index (χ2n) is 5.71. The van der Waals surface area contributed by atoms with Crippen molar-refractivity contribution in [2.24, 2.45) is 5.41 Å². The Labute approximate surface area is 118 Å². The van der Waals surface area contributed by atoms with Gasteiger partial charge in [0.15, 0.2) is 0 Å². The molecule has 0 N–H and O–H groups in total. The molecule has 1 heterocycles. The van der Waals surface area contributed by atoms with Gasteiger partial charge in [-0.15, -0.1) is 0 Å². The smallest absolute Gasteiger partial charge is 0.135 e. The summed E-state index contributed by atoms with van der Waals surface area (Å²) in [5, 5.41) is 1.01. The zero-order chi connectivity index (χ0) is 13.8. The minimum absolute atomic E-state index is 0.0390. The first-order valence-corrected chi connectivity index (χ1v) is 8.16. The highest BCUT2D eigenvalue weighted by atomic mass is 33.1. The standard InChI is InChI=1S/C14H21NOS2/c1-11(16)13(2,3)10-14(4,5)18-17-12-8-6-7-9-15-12/h6-9H,10H2,1-5H3. The SMILES string of the molecule is CC(=O)C(C)(C)CC(C)(C)SSc1ccccn1. The van der Waals surface area contributed by atoms with Gasteiger partial charge in [0, 0.05) is 16.4 Å². The average Bonchev–Trinajstić information content (AvgIpc) is 2.26. The topological polar surface area (TPSA) is 30.0 Å². The van der Waals surface area contributed by atoms with E-state index >= 15 is 0 Å². The van der Waals surface area contributed by atoms with Crippen LogP contribution in [0.3, 0.4) is 0 Å². The Morgan fingerprint density at radius 1 is 1.28 bits per heavy atom. The van der Waals surface area contributed by atoms with Crippen LogP contribution >= 0.6 is 21.6 Å². The monoisotopic (exact) mass is 283 g/mol. The van der Waals surface area contributed by atoms with E-state index in [9.17, 15) is 4.79 Å². The normalized spacial score (nSPS) is 12.5. The second-order valence-corrected chi connectivity index (χ2v) is 8.57. The van der Waals surface area contributed by atoms with Crippen LogP contribution in [-0.2, 0) is 4.79 Å². The molecule has 0 atom stereocenters. The van der Waals surface area contributed by atoms with Gasteiger partial charge in [-0.05, 0) is 50.1 Å². The number of carbonyl (C=O) groups excluding carboxylic acids is 1. The number of hydrogen-bond acceptors (Lipinski definition) is 4. The number of carbonyl (C=O) groups is 1. The van der Waals surface area contributed by atoms with Crippen LogP contribution in [0.1, 0.15) is 41.0 Å². The summed E-state index contributed by atoms with van der Waals surface area (Å²) in [5.41, 5.74) is -0.263. The fraction of sp³-hybridized carbons (Fsp3) is 0.571. The number of aromatic nitrogens is 1. The predicted molar refractivity (Wildman–Crippen MR) is 80.8 cm³/mol. The Balaban J connectivity index is 2.57. The van der Waals surface area contributed by atoms with Crippen molar-refractivity contribution in [3.8, 4) is 0 Å². The fourth-order valence-electron chi connectivity index (χ4n) is 1.77. The summed E-state index contributed by atoms with van der Waals surface area (Å²) in [7, 11) is 3.45. The van der Waals surface area contributed by atoms with E-state index in [4.69, 9.17) is 0 Å². The second kappa shape index (κ2) is 6.11. The van der Waals surface area contributed by atoms with Crippen LogP contribution in [0, 0.1) is 5.41 Å². The maximum absolute atomic E-state index is 11.6. The Bertz CT molecular complexity index is 402. The number of pyridine rings is 1. The van der Waals surface area contributed by atoms with Gasteiger partial charge in [0.25, 0.3) is 0 Å². The van der Waals surface area contributed by atoms with E-state index in [1.807, 2.05) is 32.0 Å². The van der Waals surface area contributed by atoms with Crippen molar-refractivity contribution in [3.05, 3.63) is 24.4 Å². The van der Waals surface area contributed by atoms with E-state index in [1.54, 1.807) is 34.7 Å². The maximum Gasteiger partial charge on any atom is 0.135 e. The van der Waals surface area contributed by atoms with Gasteiger partial charge in [0.1, 0.15) is 10.8 Å². The van der Waals surface area contributed by atoms with Crippen molar-refractivity contribution in [1.29, 1.82) is 0 Å². The van der Waals surface area contributed by atoms with E-state index in [-0.39, 0.29) is 15.9 Å². The highest BCUT2D eigenvalue weighted by molar-refractivity contribution is 8.77. The predicted octanol–water partition coefficient (Wildman–Crippen LogP) is 4.61. The van der Waals surface area contributed by atoms with Gasteiger partial charge in [-0.1, -0.05) is 30.7 Å². The van der Waals surface area contributed by atoms with Crippen molar-refractivity contribution in [2.75, 3.05) is 0 Å². The molecule has 0 amide bonds. The van der Waals surface area contributed by atoms with E-state index in [2.05, 4.69) is 18.8 Å². The van der Waals surface area contributed by atoms with Gasteiger partial charge >= 0.3 is 0 Å². The Morgan fingerprint density at radius 2 is 1.94 bits per heavy atom. The molecule has 0 aliphatic heterocycles. The zero-order valence-corrected chi connectivity index (χ0v) is 13.3. The molecule has 0 aromatic carbocycles. The summed E-state index contributed by atoms with van der Waals surface area (Å²) in [6.07, 6.45) is 2.66. The molecule has 100 valence electrons. The lowest BCUT2D eigenvalue weighted by Crippen LogP contribution is -2.30. The van der Waals surface area contributed by atoms with Crippen molar-refractivity contribution in [2.45, 2.75) is 50.8 Å². The van der Waals surface area contributed by atoms with E-state index < -0.39 is 0 Å². The molecular formula is C14H21NOS2. The van der Waals surface area contributed by atoms with Crippen LogP contribution in [0.5, 0.6) is 0 Å². The maximum atomic E-state index is 11.6. The van der Waals surface area contributed by atoms with Gasteiger partial charge < -0.3 is 0 Å². The van der Waals surface area contributed by atoms with Crippen LogP contribution in [0.25, 0.3) is 0 Å². The van der Waals surface area contributed by atoms with Crippen molar-refractivity contribution in [3.63, 3.8) is 0 Å². The molecule has 2 nitrogen and oxygen atoms in total. The van der Waals surface area contributed by atoms with Crippen LogP contribution in [0.15, 0.2) is 29.4 Å². The molecule has 0 bridgehead atoms. The summed E-state index contributed by atoms with van der Waals surface area (Å²) in [5.74, 6) is 0.249. The highest BCUT2D eigenvalue weighted by Crippen LogP contribution is 2.45. The fourth-order valence-corrected chi connectivity index (χ4v) is 4.14. The molecule has 0 saturated carbocycles. The lowest BCUT2D eigenvalue weighted by Gasteiger charge is -2.32. The van der Waals surface area contributed by atoms with E-state index in [1.165, 1.54) is 0 Å². The Hall–Kier alpha value is -0.480. The van der Waals surface area contributed by atoms with Crippen LogP contribution < -0.4 is 0 Å². The quantitative estimate of drug-likeness (QED) is 0.713. The first kappa shape index (κ1) is 15.6. The molecule has 0 aliphatic carbocycles. The summed E-state index contributed by atoms with van der Waals surface area (Å²) in [6, 6.07) is 5.91. The third-order valence-corrected chi connectivity index (χ3v) is 6.02. The Kier molecular flexibility index (Phi) is 5.29. The lowest BCUT2D eigenvalue weighted by molar-refractivity contribution is -0.125. The van der Waals surface area contributed by atoms with Crippen molar-refractivity contribution in [1.82, 2.24) is 4.98 Å². The third-order valence-electron chi connectivity index (χ3n) is 2.81. The summed E-state index contributed by atoms with van der Waals surface area (Å²) < 4.78 is 0.0390. The lowest BCUT2D eigenvalue weighted by atomic mass is 9.80. The molecule has 0 unspecified atom stereocenters. The van der Waals surface area contributed by atoms with Crippen molar-refractivity contribution < 1.29 is 4.79 Å². The van der Waals surface area contributed by atoms with Gasteiger partial charge in [0.2, 0.25) is 0 Å². The largest absolute Gasteiger partial charge is 0.299 e. The van der Waals surface area contributed by atoms with E-state index in [0.717, 1.165) is 11.4 Å². The van der Waals surface area contributed by atoms with Gasteiger partial charge in [0.05, 0.1) is 0 Å². The number of Topliss-reactive ketones (excluding diaryl/α,β-unsaturated/α-hetero) is 1. The van der Waals surface area contributed by atoms with Gasteiger partial charge in [-0.25, -0.2) is 4.98 Å². The van der Waals surface area contributed by atoms with Crippen molar-refractivity contribution >= 4 is 27.4 Å². The molecular weight excluding hydrogens is 262 g/mol. The third kappa shape index (κ3) is 5.02. The van der Waals surface area contributed by atoms with Gasteiger partial charge in [-0.2, -0.15) is 0 Å². The highest BCUT2D eigenvalue weighted by Gasteiger charge is 2.33. The summed E-state index contributed by atoms with van der Waals surface area (Å²) in [4.78, 5) is 15.9. The summed E-state index contributed by atoms with van der Waals surface area (Å²) in [6.45, 7) is 10.1. The van der Waals surface area contributed by atoms with E-state index in [0.29, 0.717) is 0 Å². The summed E-state index contributed by atoms with van der Waals surface area (Å²) >= 11 is 0. The molecule has 0 fully saturated rings. The molecule has 1 rings (SSSR count). The Morgan fingerprint density at radius 3 is 2.44 bits per heavy atom. The molecule has 1 aromatic heterocycles. The number of ketones is 1. The van der Waals surface area contributed by atoms with Crippen LogP contribution in [0.4, 0.5) is 0 Å². The molecule has 18 heavy (non-hydrogen) atoms. The number of hydrogen-bond donors (Lipinski definition) is 0. The van der Waals surface area contributed by atoms with Crippen LogP contribution in [0.2, 0.25) is 0 Å². The number of nitrogens with zero attached hydrogens (tertiary/aromatic N) is 1. The molecule has 4 heteroatoms. The molecule has 1 aromatic rings. The number of rotatable bonds is 6. The molecule has 0 saturated heterocycles. The molecule has 0 aliphatic rings.